The Balaban J connectivity index is 1.59. The predicted octanol–water partition coefficient (Wildman–Crippen LogP) is 4.12. The number of hydrogen-bond acceptors (Lipinski definition) is 6. The summed E-state index contributed by atoms with van der Waals surface area (Å²) in [4.78, 5) is 44.8. The number of carbonyl (C=O) groups is 3. The monoisotopic (exact) mass is 483 g/mol. The largest absolute Gasteiger partial charge is 0.496 e. The summed E-state index contributed by atoms with van der Waals surface area (Å²) < 4.78 is 11.0. The summed E-state index contributed by atoms with van der Waals surface area (Å²) in [6.45, 7) is 2.83. The molecular weight excluding hydrogens is 458 g/mol. The van der Waals surface area contributed by atoms with Gasteiger partial charge in [-0.3, -0.25) is 9.59 Å². The van der Waals surface area contributed by atoms with E-state index in [0.29, 0.717) is 35.9 Å². The van der Waals surface area contributed by atoms with E-state index in [1.807, 2.05) is 18.2 Å². The molecule has 0 bridgehead atoms. The van der Waals surface area contributed by atoms with Crippen molar-refractivity contribution in [3.8, 4) is 5.75 Å². The van der Waals surface area contributed by atoms with Crippen LogP contribution in [0.1, 0.15) is 5.56 Å². The molecule has 2 fully saturated rings. The summed E-state index contributed by atoms with van der Waals surface area (Å²) in [5, 5.41) is 0. The number of anilines is 3. The number of rotatable bonds is 5. The second kappa shape index (κ2) is 10.1. The first kappa shape index (κ1) is 23.3. The fourth-order valence-corrected chi connectivity index (χ4v) is 4.33. The lowest BCUT2D eigenvalue weighted by Crippen LogP contribution is -2.57. The second-order valence-corrected chi connectivity index (χ2v) is 8.32. The molecule has 0 unspecified atom stereocenters. The van der Waals surface area contributed by atoms with Gasteiger partial charge in [0.15, 0.2) is 0 Å². The smallest absolute Gasteiger partial charge is 0.343 e. The minimum Gasteiger partial charge on any atom is -0.496 e. The molecule has 182 valence electrons. The molecule has 36 heavy (non-hydrogen) atoms. The summed E-state index contributed by atoms with van der Waals surface area (Å²) in [7, 11) is 1.54. The Morgan fingerprint density at radius 2 is 1.31 bits per heavy atom. The fraction of sp³-hybridized carbons (Fsp3) is 0.179. The van der Waals surface area contributed by atoms with Crippen LogP contribution >= 0.6 is 0 Å². The number of morpholine rings is 1. The van der Waals surface area contributed by atoms with E-state index in [2.05, 4.69) is 4.90 Å². The van der Waals surface area contributed by atoms with Gasteiger partial charge in [-0.1, -0.05) is 36.4 Å². The first-order chi connectivity index (χ1) is 17.6. The van der Waals surface area contributed by atoms with Crippen molar-refractivity contribution in [1.29, 1.82) is 0 Å². The quantitative estimate of drug-likeness (QED) is 0.401. The summed E-state index contributed by atoms with van der Waals surface area (Å²) in [5.74, 6) is -0.869. The molecule has 3 aromatic rings. The van der Waals surface area contributed by atoms with Crippen LogP contribution in [0.15, 0.2) is 84.4 Å². The van der Waals surface area contributed by atoms with Crippen molar-refractivity contribution in [2.75, 3.05) is 48.1 Å². The van der Waals surface area contributed by atoms with Crippen molar-refractivity contribution in [2.45, 2.75) is 0 Å². The minimum absolute atomic E-state index is 0.139. The molecule has 3 aromatic carbocycles. The molecule has 2 aliphatic heterocycles. The number of nitrogens with zero attached hydrogens (tertiary/aromatic N) is 3. The van der Waals surface area contributed by atoms with Gasteiger partial charge in [-0.2, -0.15) is 0 Å². The highest BCUT2D eigenvalue weighted by Gasteiger charge is 2.43. The summed E-state index contributed by atoms with van der Waals surface area (Å²) in [5.41, 5.74) is 2.13. The van der Waals surface area contributed by atoms with Gasteiger partial charge in [0.25, 0.3) is 11.8 Å². The maximum absolute atomic E-state index is 13.6. The number of amides is 4. The van der Waals surface area contributed by atoms with Crippen LogP contribution in [-0.4, -0.2) is 51.3 Å². The van der Waals surface area contributed by atoms with Gasteiger partial charge in [-0.15, -0.1) is 0 Å². The minimum atomic E-state index is -0.728. The van der Waals surface area contributed by atoms with Gasteiger partial charge in [0.2, 0.25) is 0 Å². The summed E-state index contributed by atoms with van der Waals surface area (Å²) >= 11 is 0. The van der Waals surface area contributed by atoms with E-state index in [-0.39, 0.29) is 5.57 Å². The van der Waals surface area contributed by atoms with Gasteiger partial charge >= 0.3 is 6.03 Å². The van der Waals surface area contributed by atoms with E-state index < -0.39 is 17.8 Å². The SMILES string of the molecule is COc1cc(N2CCOCC2)ccc1C=C1C(=O)N(c2ccccc2)C(=O)N(c2ccccc2)C1=O. The van der Waals surface area contributed by atoms with Crippen LogP contribution in [-0.2, 0) is 14.3 Å². The normalized spacial score (nSPS) is 16.4. The topological polar surface area (TPSA) is 79.4 Å². The molecule has 0 saturated carbocycles. The number of benzene rings is 3. The Morgan fingerprint density at radius 3 is 1.83 bits per heavy atom. The first-order valence-corrected chi connectivity index (χ1v) is 11.6. The van der Waals surface area contributed by atoms with Gasteiger partial charge in [-0.05, 0) is 42.5 Å². The zero-order valence-corrected chi connectivity index (χ0v) is 19.8. The lowest BCUT2D eigenvalue weighted by Gasteiger charge is -2.34. The van der Waals surface area contributed by atoms with Gasteiger partial charge in [0, 0.05) is 30.4 Å². The molecule has 4 amide bonds. The van der Waals surface area contributed by atoms with Crippen molar-refractivity contribution in [3.63, 3.8) is 0 Å². The maximum Gasteiger partial charge on any atom is 0.343 e. The number of ether oxygens (including phenoxy) is 2. The molecule has 8 heteroatoms. The van der Waals surface area contributed by atoms with Crippen LogP contribution < -0.4 is 19.4 Å². The Kier molecular flexibility index (Phi) is 6.51. The standard InChI is InChI=1S/C28H25N3O5/c1-35-25-19-23(29-14-16-36-17-15-29)13-12-20(25)18-24-26(32)30(21-8-4-2-5-9-21)28(34)31(27(24)33)22-10-6-3-7-11-22/h2-13,18-19H,14-17H2,1H3. The molecule has 2 aliphatic rings. The molecule has 0 spiro atoms. The molecule has 0 aromatic heterocycles. The van der Waals surface area contributed by atoms with E-state index >= 15 is 0 Å². The molecule has 8 nitrogen and oxygen atoms in total. The second-order valence-electron chi connectivity index (χ2n) is 8.32. The van der Waals surface area contributed by atoms with Crippen molar-refractivity contribution < 1.29 is 23.9 Å². The van der Waals surface area contributed by atoms with E-state index in [4.69, 9.17) is 9.47 Å². The lowest BCUT2D eigenvalue weighted by atomic mass is 10.0. The average molecular weight is 484 g/mol. The number of barbiturate groups is 1. The van der Waals surface area contributed by atoms with Gasteiger partial charge in [0.1, 0.15) is 11.3 Å². The van der Waals surface area contributed by atoms with Crippen molar-refractivity contribution in [3.05, 3.63) is 90.0 Å². The molecule has 0 radical (unpaired) electrons. The third kappa shape index (κ3) is 4.34. The van der Waals surface area contributed by atoms with Crippen LogP contribution in [0.4, 0.5) is 21.9 Å². The Bertz CT molecular complexity index is 1250. The maximum atomic E-state index is 13.6. The lowest BCUT2D eigenvalue weighted by molar-refractivity contribution is -0.121. The molecule has 0 N–H and O–H groups in total. The molecule has 0 aliphatic carbocycles. The van der Waals surface area contributed by atoms with E-state index in [9.17, 15) is 14.4 Å². The predicted molar refractivity (Wildman–Crippen MR) is 137 cm³/mol. The van der Waals surface area contributed by atoms with Gasteiger partial charge in [0.05, 0.1) is 31.7 Å². The van der Waals surface area contributed by atoms with Gasteiger partial charge in [-0.25, -0.2) is 14.6 Å². The average Bonchev–Trinajstić information content (AvgIpc) is 2.93. The Labute approximate surface area is 208 Å². The number of imide groups is 2. The molecule has 5 rings (SSSR count). The third-order valence-corrected chi connectivity index (χ3v) is 6.17. The number of methoxy groups -OCH3 is 1. The highest BCUT2D eigenvalue weighted by Crippen LogP contribution is 2.32. The van der Waals surface area contributed by atoms with Crippen LogP contribution in [0.5, 0.6) is 5.75 Å². The summed E-state index contributed by atoms with van der Waals surface area (Å²) in [6, 6.07) is 22.0. The Morgan fingerprint density at radius 1 is 0.750 bits per heavy atom. The molecule has 0 atom stereocenters. The molecule has 2 saturated heterocycles. The molecule has 2 heterocycles. The molecular formula is C28H25N3O5. The zero-order chi connectivity index (χ0) is 25.1. The third-order valence-electron chi connectivity index (χ3n) is 6.17. The number of para-hydroxylation sites is 2. The number of hydrogen-bond donors (Lipinski definition) is 0. The van der Waals surface area contributed by atoms with Crippen molar-refractivity contribution in [2.24, 2.45) is 0 Å². The van der Waals surface area contributed by atoms with Gasteiger partial charge < -0.3 is 14.4 Å². The van der Waals surface area contributed by atoms with E-state index in [1.165, 1.54) is 6.08 Å². The highest BCUT2D eigenvalue weighted by atomic mass is 16.5. The van der Waals surface area contributed by atoms with Crippen molar-refractivity contribution >= 4 is 41.0 Å². The zero-order valence-electron chi connectivity index (χ0n) is 19.8. The van der Waals surface area contributed by atoms with Crippen LogP contribution in [0.2, 0.25) is 0 Å². The number of urea groups is 1. The van der Waals surface area contributed by atoms with E-state index in [1.54, 1.807) is 67.8 Å². The fourth-order valence-electron chi connectivity index (χ4n) is 4.33. The van der Waals surface area contributed by atoms with Crippen molar-refractivity contribution in [1.82, 2.24) is 0 Å². The first-order valence-electron chi connectivity index (χ1n) is 11.6. The van der Waals surface area contributed by atoms with Crippen LogP contribution in [0.3, 0.4) is 0 Å². The van der Waals surface area contributed by atoms with E-state index in [0.717, 1.165) is 28.6 Å². The number of carbonyl (C=O) groups excluding carboxylic acids is 3. The highest BCUT2D eigenvalue weighted by molar-refractivity contribution is 6.46. The van der Waals surface area contributed by atoms with Crippen LogP contribution in [0.25, 0.3) is 6.08 Å². The Hall–Kier alpha value is -4.43. The van der Waals surface area contributed by atoms with Crippen LogP contribution in [0, 0.1) is 0 Å². The summed E-state index contributed by atoms with van der Waals surface area (Å²) in [6.07, 6.45) is 1.49.